The number of rotatable bonds is 6. The van der Waals surface area contributed by atoms with Crippen molar-refractivity contribution in [2.75, 3.05) is 25.5 Å². The summed E-state index contributed by atoms with van der Waals surface area (Å²) in [5.41, 5.74) is 1.38. The monoisotopic (exact) mass is 265 g/mol. The maximum Gasteiger partial charge on any atom is 0.0468 e. The molecule has 0 saturated carbocycles. The van der Waals surface area contributed by atoms with Crippen LogP contribution in [0.25, 0.3) is 0 Å². The van der Waals surface area contributed by atoms with Crippen LogP contribution in [0.5, 0.6) is 0 Å². The molecule has 1 saturated heterocycles. The first-order chi connectivity index (χ1) is 8.88. The van der Waals surface area contributed by atoms with Crippen LogP contribution < -0.4 is 5.32 Å². The highest BCUT2D eigenvalue weighted by atomic mass is 32.2. The van der Waals surface area contributed by atoms with Crippen LogP contribution in [0, 0.1) is 5.92 Å². The van der Waals surface area contributed by atoms with Gasteiger partial charge in [0.25, 0.3) is 0 Å². The lowest BCUT2D eigenvalue weighted by atomic mass is 10.0. The smallest absolute Gasteiger partial charge is 0.0468 e. The Bertz CT molecular complexity index is 350. The van der Waals surface area contributed by atoms with Gasteiger partial charge in [0.05, 0.1) is 0 Å². The van der Waals surface area contributed by atoms with Crippen molar-refractivity contribution in [3.8, 4) is 0 Å². The van der Waals surface area contributed by atoms with E-state index in [-0.39, 0.29) is 0 Å². The largest absolute Gasteiger partial charge is 0.381 e. The van der Waals surface area contributed by atoms with Gasteiger partial charge in [-0.1, -0.05) is 19.1 Å². The zero-order valence-electron chi connectivity index (χ0n) is 11.2. The fourth-order valence-corrected chi connectivity index (χ4v) is 3.31. The first-order valence-electron chi connectivity index (χ1n) is 6.88. The van der Waals surface area contributed by atoms with E-state index in [1.165, 1.54) is 29.1 Å². The second-order valence-corrected chi connectivity index (χ2v) is 5.89. The van der Waals surface area contributed by atoms with Gasteiger partial charge >= 0.3 is 0 Å². The summed E-state index contributed by atoms with van der Waals surface area (Å²) in [5, 5.41) is 3.37. The van der Waals surface area contributed by atoms with Gasteiger partial charge < -0.3 is 10.1 Å². The Morgan fingerprint density at radius 1 is 1.33 bits per heavy atom. The molecular formula is C15H23NOS. The molecule has 3 heteroatoms. The van der Waals surface area contributed by atoms with Gasteiger partial charge in [-0.15, -0.1) is 11.8 Å². The fraction of sp³-hybridized carbons (Fsp3) is 0.600. The van der Waals surface area contributed by atoms with Crippen LogP contribution in [0.3, 0.4) is 0 Å². The van der Waals surface area contributed by atoms with Gasteiger partial charge in [0.15, 0.2) is 0 Å². The highest BCUT2D eigenvalue weighted by Crippen LogP contribution is 2.26. The van der Waals surface area contributed by atoms with Gasteiger partial charge in [-0.2, -0.15) is 0 Å². The van der Waals surface area contributed by atoms with Crippen LogP contribution in [-0.2, 0) is 11.3 Å². The molecule has 2 rings (SSSR count). The van der Waals surface area contributed by atoms with Crippen LogP contribution >= 0.6 is 11.8 Å². The van der Waals surface area contributed by atoms with E-state index in [1.807, 2.05) is 11.8 Å². The normalized spacial score (nSPS) is 16.9. The molecule has 0 unspecified atom stereocenters. The van der Waals surface area contributed by atoms with Gasteiger partial charge in [-0.05, 0) is 43.0 Å². The molecule has 0 amide bonds. The summed E-state index contributed by atoms with van der Waals surface area (Å²) >= 11 is 1.99. The Balaban J connectivity index is 1.80. The third kappa shape index (κ3) is 4.63. The van der Waals surface area contributed by atoms with E-state index < -0.39 is 0 Å². The maximum absolute atomic E-state index is 5.40. The SMILES string of the molecule is CCNCc1cccc(SCC2CCOCC2)c1. The molecule has 1 aromatic carbocycles. The minimum absolute atomic E-state index is 0.834. The zero-order chi connectivity index (χ0) is 12.6. The van der Waals surface area contributed by atoms with Crippen LogP contribution in [0.4, 0.5) is 0 Å². The predicted octanol–water partition coefficient (Wildman–Crippen LogP) is 3.31. The highest BCUT2D eigenvalue weighted by Gasteiger charge is 2.13. The van der Waals surface area contributed by atoms with Crippen molar-refractivity contribution in [1.82, 2.24) is 5.32 Å². The number of ether oxygens (including phenoxy) is 1. The van der Waals surface area contributed by atoms with E-state index in [9.17, 15) is 0 Å². The molecule has 0 atom stereocenters. The molecule has 1 N–H and O–H groups in total. The van der Waals surface area contributed by atoms with Crippen LogP contribution in [-0.4, -0.2) is 25.5 Å². The lowest BCUT2D eigenvalue weighted by Gasteiger charge is -2.21. The minimum Gasteiger partial charge on any atom is -0.381 e. The number of hydrogen-bond acceptors (Lipinski definition) is 3. The van der Waals surface area contributed by atoms with Crippen molar-refractivity contribution in [1.29, 1.82) is 0 Å². The molecule has 2 nitrogen and oxygen atoms in total. The number of thioether (sulfide) groups is 1. The Kier molecular flexibility index (Phi) is 6.05. The van der Waals surface area contributed by atoms with Gasteiger partial charge in [0, 0.05) is 30.4 Å². The lowest BCUT2D eigenvalue weighted by Crippen LogP contribution is -2.17. The molecule has 100 valence electrons. The van der Waals surface area contributed by atoms with Crippen LogP contribution in [0.2, 0.25) is 0 Å². The van der Waals surface area contributed by atoms with E-state index >= 15 is 0 Å². The van der Waals surface area contributed by atoms with Crippen LogP contribution in [0.15, 0.2) is 29.2 Å². The van der Waals surface area contributed by atoms with Crippen molar-refractivity contribution in [2.45, 2.75) is 31.2 Å². The van der Waals surface area contributed by atoms with E-state index in [0.717, 1.165) is 32.2 Å². The Morgan fingerprint density at radius 3 is 2.94 bits per heavy atom. The van der Waals surface area contributed by atoms with E-state index in [4.69, 9.17) is 4.74 Å². The molecular weight excluding hydrogens is 242 g/mol. The summed E-state index contributed by atoms with van der Waals surface area (Å²) in [6.07, 6.45) is 2.45. The lowest BCUT2D eigenvalue weighted by molar-refractivity contribution is 0.0728. The molecule has 1 aromatic rings. The second-order valence-electron chi connectivity index (χ2n) is 4.79. The summed E-state index contributed by atoms with van der Waals surface area (Å²) in [6, 6.07) is 8.90. The van der Waals surface area contributed by atoms with Gasteiger partial charge in [-0.3, -0.25) is 0 Å². The van der Waals surface area contributed by atoms with Crippen LogP contribution in [0.1, 0.15) is 25.3 Å². The standard InChI is InChI=1S/C15H23NOS/c1-2-16-11-14-4-3-5-15(10-14)18-12-13-6-8-17-9-7-13/h3-5,10,13,16H,2,6-9,11-12H2,1H3. The predicted molar refractivity (Wildman–Crippen MR) is 78.1 cm³/mol. The van der Waals surface area contributed by atoms with E-state index in [1.54, 1.807) is 0 Å². The summed E-state index contributed by atoms with van der Waals surface area (Å²) in [5.74, 6) is 2.06. The molecule has 18 heavy (non-hydrogen) atoms. The molecule has 1 aliphatic heterocycles. The average molecular weight is 265 g/mol. The molecule has 0 radical (unpaired) electrons. The first kappa shape index (κ1) is 13.9. The van der Waals surface area contributed by atoms with E-state index in [0.29, 0.717) is 0 Å². The number of hydrogen-bond donors (Lipinski definition) is 1. The zero-order valence-corrected chi connectivity index (χ0v) is 12.0. The number of nitrogens with one attached hydrogen (secondary N) is 1. The van der Waals surface area contributed by atoms with Crippen molar-refractivity contribution in [3.05, 3.63) is 29.8 Å². The summed E-state index contributed by atoms with van der Waals surface area (Å²) in [4.78, 5) is 1.40. The number of benzene rings is 1. The van der Waals surface area contributed by atoms with Crippen molar-refractivity contribution < 1.29 is 4.74 Å². The van der Waals surface area contributed by atoms with Gasteiger partial charge in [-0.25, -0.2) is 0 Å². The van der Waals surface area contributed by atoms with Gasteiger partial charge in [0.1, 0.15) is 0 Å². The van der Waals surface area contributed by atoms with E-state index in [2.05, 4.69) is 36.5 Å². The molecule has 1 aliphatic rings. The molecule has 0 bridgehead atoms. The third-order valence-corrected chi connectivity index (χ3v) is 4.53. The molecule has 0 aromatic heterocycles. The fourth-order valence-electron chi connectivity index (χ4n) is 2.14. The second kappa shape index (κ2) is 7.82. The highest BCUT2D eigenvalue weighted by molar-refractivity contribution is 7.99. The molecule has 0 aliphatic carbocycles. The molecule has 0 spiro atoms. The Morgan fingerprint density at radius 2 is 2.17 bits per heavy atom. The maximum atomic E-state index is 5.40. The average Bonchev–Trinajstić information content (AvgIpc) is 2.44. The van der Waals surface area contributed by atoms with Gasteiger partial charge in [0.2, 0.25) is 0 Å². The Hall–Kier alpha value is -0.510. The first-order valence-corrected chi connectivity index (χ1v) is 7.87. The molecule has 1 fully saturated rings. The summed E-state index contributed by atoms with van der Waals surface area (Å²) < 4.78 is 5.40. The Labute approximate surface area is 114 Å². The molecule has 1 heterocycles. The topological polar surface area (TPSA) is 21.3 Å². The quantitative estimate of drug-likeness (QED) is 0.797. The van der Waals surface area contributed by atoms with Crippen molar-refractivity contribution >= 4 is 11.8 Å². The van der Waals surface area contributed by atoms with Crippen molar-refractivity contribution in [3.63, 3.8) is 0 Å². The summed E-state index contributed by atoms with van der Waals surface area (Å²) in [6.45, 7) is 6.04. The third-order valence-electron chi connectivity index (χ3n) is 3.30. The van der Waals surface area contributed by atoms with Crippen molar-refractivity contribution in [2.24, 2.45) is 5.92 Å². The minimum atomic E-state index is 0.834. The summed E-state index contributed by atoms with van der Waals surface area (Å²) in [7, 11) is 0.